The highest BCUT2D eigenvalue weighted by molar-refractivity contribution is 6.30. The molecule has 0 bridgehead atoms. The third kappa shape index (κ3) is 3.05. The second kappa shape index (κ2) is 6.22. The zero-order valence-electron chi connectivity index (χ0n) is 11.5. The van der Waals surface area contributed by atoms with Crippen molar-refractivity contribution in [1.82, 2.24) is 10.4 Å². The van der Waals surface area contributed by atoms with Crippen LogP contribution in [0.15, 0.2) is 60.9 Å². The Kier molecular flexibility index (Phi) is 4.15. The van der Waals surface area contributed by atoms with E-state index in [-0.39, 0.29) is 6.04 Å². The van der Waals surface area contributed by atoms with Gasteiger partial charge in [0.1, 0.15) is 0 Å². The largest absolute Gasteiger partial charge is 0.271 e. The van der Waals surface area contributed by atoms with E-state index in [0.717, 1.165) is 33.3 Å². The molecular weight excluding hydrogens is 282 g/mol. The van der Waals surface area contributed by atoms with Crippen LogP contribution in [0.3, 0.4) is 0 Å². The van der Waals surface area contributed by atoms with Crippen molar-refractivity contribution in [2.24, 2.45) is 5.84 Å². The zero-order chi connectivity index (χ0) is 14.7. The van der Waals surface area contributed by atoms with Gasteiger partial charge in [-0.05, 0) is 35.1 Å². The zero-order valence-corrected chi connectivity index (χ0v) is 12.2. The Balaban J connectivity index is 1.98. The number of rotatable bonds is 4. The fourth-order valence-corrected chi connectivity index (χ4v) is 2.79. The molecule has 1 unspecified atom stereocenters. The summed E-state index contributed by atoms with van der Waals surface area (Å²) in [5, 5.41) is 3.01. The van der Waals surface area contributed by atoms with Gasteiger partial charge in [0.05, 0.1) is 6.04 Å². The fraction of sp³-hybridized carbons (Fsp3) is 0.118. The molecule has 0 aliphatic rings. The minimum atomic E-state index is -0.0120. The summed E-state index contributed by atoms with van der Waals surface area (Å²) in [6.07, 6.45) is 4.50. The lowest BCUT2D eigenvalue weighted by atomic mass is 9.96. The first-order valence-electron chi connectivity index (χ1n) is 6.81. The van der Waals surface area contributed by atoms with Gasteiger partial charge >= 0.3 is 0 Å². The molecule has 3 aromatic rings. The van der Waals surface area contributed by atoms with E-state index in [1.165, 1.54) is 0 Å². The van der Waals surface area contributed by atoms with Crippen LogP contribution in [0.25, 0.3) is 10.8 Å². The van der Waals surface area contributed by atoms with Crippen molar-refractivity contribution in [1.29, 1.82) is 0 Å². The topological polar surface area (TPSA) is 50.9 Å². The Hall–Kier alpha value is -1.94. The molecule has 4 heteroatoms. The van der Waals surface area contributed by atoms with Crippen LogP contribution in [0.4, 0.5) is 0 Å². The van der Waals surface area contributed by atoms with Gasteiger partial charge in [0.2, 0.25) is 0 Å². The van der Waals surface area contributed by atoms with Gasteiger partial charge < -0.3 is 0 Å². The van der Waals surface area contributed by atoms with Crippen LogP contribution in [0.1, 0.15) is 17.2 Å². The van der Waals surface area contributed by atoms with E-state index in [1.807, 2.05) is 42.7 Å². The third-order valence-corrected chi connectivity index (χ3v) is 3.84. The molecule has 2 aromatic carbocycles. The number of nitrogens with zero attached hydrogens (tertiary/aromatic N) is 1. The number of hydrogen-bond donors (Lipinski definition) is 2. The Morgan fingerprint density at radius 3 is 2.76 bits per heavy atom. The van der Waals surface area contributed by atoms with Crippen molar-refractivity contribution in [3.05, 3.63) is 77.1 Å². The quantitative estimate of drug-likeness (QED) is 0.571. The summed E-state index contributed by atoms with van der Waals surface area (Å²) in [4.78, 5) is 4.32. The van der Waals surface area contributed by atoms with E-state index in [1.54, 1.807) is 0 Å². The summed E-state index contributed by atoms with van der Waals surface area (Å²) in [5.41, 5.74) is 5.13. The van der Waals surface area contributed by atoms with E-state index in [2.05, 4.69) is 28.6 Å². The SMILES string of the molecule is NNC(Cc1cccc(Cl)c1)c1cncc2ccccc12. The molecule has 3 rings (SSSR count). The molecule has 1 atom stereocenters. The molecule has 0 saturated heterocycles. The molecule has 21 heavy (non-hydrogen) atoms. The second-order valence-electron chi connectivity index (χ2n) is 5.00. The van der Waals surface area contributed by atoms with Crippen LogP contribution >= 0.6 is 11.6 Å². The smallest absolute Gasteiger partial charge is 0.0521 e. The first-order chi connectivity index (χ1) is 10.3. The summed E-state index contributed by atoms with van der Waals surface area (Å²) in [6, 6.07) is 16.0. The third-order valence-electron chi connectivity index (χ3n) is 3.60. The molecular formula is C17H16ClN3. The summed E-state index contributed by atoms with van der Waals surface area (Å²) < 4.78 is 0. The monoisotopic (exact) mass is 297 g/mol. The molecule has 1 heterocycles. The summed E-state index contributed by atoms with van der Waals surface area (Å²) in [7, 11) is 0. The number of halogens is 1. The van der Waals surface area contributed by atoms with E-state index in [4.69, 9.17) is 17.4 Å². The average molecular weight is 298 g/mol. The Bertz CT molecular complexity index is 752. The van der Waals surface area contributed by atoms with Crippen molar-refractivity contribution < 1.29 is 0 Å². The Morgan fingerprint density at radius 1 is 1.10 bits per heavy atom. The van der Waals surface area contributed by atoms with Gasteiger partial charge in [-0.25, -0.2) is 0 Å². The van der Waals surface area contributed by atoms with Gasteiger partial charge in [-0.2, -0.15) is 0 Å². The summed E-state index contributed by atoms with van der Waals surface area (Å²) in [5.74, 6) is 5.77. The molecule has 0 spiro atoms. The summed E-state index contributed by atoms with van der Waals surface area (Å²) in [6.45, 7) is 0. The number of hydrazine groups is 1. The predicted molar refractivity (Wildman–Crippen MR) is 87.0 cm³/mol. The normalized spacial score (nSPS) is 12.5. The van der Waals surface area contributed by atoms with Crippen LogP contribution in [0.5, 0.6) is 0 Å². The van der Waals surface area contributed by atoms with E-state index in [9.17, 15) is 0 Å². The standard InChI is InChI=1S/C17H16ClN3/c18-14-6-3-4-12(8-14)9-17(21-19)16-11-20-10-13-5-1-2-7-15(13)16/h1-8,10-11,17,21H,9,19H2. The minimum absolute atomic E-state index is 0.0120. The van der Waals surface area contributed by atoms with Gasteiger partial charge in [-0.15, -0.1) is 0 Å². The molecule has 0 aliphatic carbocycles. The molecule has 0 aliphatic heterocycles. The number of hydrogen-bond acceptors (Lipinski definition) is 3. The lowest BCUT2D eigenvalue weighted by molar-refractivity contribution is 0.554. The Morgan fingerprint density at radius 2 is 1.95 bits per heavy atom. The molecule has 3 N–H and O–H groups in total. The highest BCUT2D eigenvalue weighted by Gasteiger charge is 2.14. The van der Waals surface area contributed by atoms with Gasteiger partial charge in [-0.1, -0.05) is 48.0 Å². The molecule has 3 nitrogen and oxygen atoms in total. The molecule has 1 aromatic heterocycles. The van der Waals surface area contributed by atoms with Gasteiger partial charge in [0.25, 0.3) is 0 Å². The highest BCUT2D eigenvalue weighted by Crippen LogP contribution is 2.26. The lowest BCUT2D eigenvalue weighted by Gasteiger charge is -2.18. The average Bonchev–Trinajstić information content (AvgIpc) is 2.52. The maximum absolute atomic E-state index is 6.05. The minimum Gasteiger partial charge on any atom is -0.271 e. The van der Waals surface area contributed by atoms with Crippen LogP contribution in [0.2, 0.25) is 5.02 Å². The highest BCUT2D eigenvalue weighted by atomic mass is 35.5. The van der Waals surface area contributed by atoms with E-state index < -0.39 is 0 Å². The molecule has 106 valence electrons. The first kappa shape index (κ1) is 14.0. The van der Waals surface area contributed by atoms with Crippen molar-refractivity contribution in [3.63, 3.8) is 0 Å². The van der Waals surface area contributed by atoms with E-state index >= 15 is 0 Å². The first-order valence-corrected chi connectivity index (χ1v) is 7.19. The van der Waals surface area contributed by atoms with Crippen LogP contribution in [-0.4, -0.2) is 4.98 Å². The number of benzene rings is 2. The van der Waals surface area contributed by atoms with Gasteiger partial charge in [-0.3, -0.25) is 16.3 Å². The number of nitrogens with one attached hydrogen (secondary N) is 1. The van der Waals surface area contributed by atoms with Crippen LogP contribution in [-0.2, 0) is 6.42 Å². The predicted octanol–water partition coefficient (Wildman–Crippen LogP) is 3.64. The second-order valence-corrected chi connectivity index (χ2v) is 5.44. The molecule has 0 radical (unpaired) electrons. The van der Waals surface area contributed by atoms with Crippen LogP contribution in [0, 0.1) is 0 Å². The van der Waals surface area contributed by atoms with Crippen LogP contribution < -0.4 is 11.3 Å². The van der Waals surface area contributed by atoms with Gasteiger partial charge in [0, 0.05) is 22.8 Å². The van der Waals surface area contributed by atoms with E-state index in [0.29, 0.717) is 0 Å². The van der Waals surface area contributed by atoms with Crippen molar-refractivity contribution >= 4 is 22.4 Å². The van der Waals surface area contributed by atoms with Gasteiger partial charge in [0.15, 0.2) is 0 Å². The number of nitrogens with two attached hydrogens (primary N) is 1. The fourth-order valence-electron chi connectivity index (χ4n) is 2.58. The Labute approximate surface area is 128 Å². The number of aromatic nitrogens is 1. The maximum atomic E-state index is 6.05. The molecule has 0 fully saturated rings. The number of pyridine rings is 1. The number of fused-ring (bicyclic) bond motifs is 1. The van der Waals surface area contributed by atoms with Crippen molar-refractivity contribution in [2.45, 2.75) is 12.5 Å². The summed E-state index contributed by atoms with van der Waals surface area (Å²) >= 11 is 6.05. The molecule has 0 saturated carbocycles. The molecule has 0 amide bonds. The van der Waals surface area contributed by atoms with Crippen molar-refractivity contribution in [2.75, 3.05) is 0 Å². The van der Waals surface area contributed by atoms with Crippen molar-refractivity contribution in [3.8, 4) is 0 Å². The lowest BCUT2D eigenvalue weighted by Crippen LogP contribution is -2.29. The maximum Gasteiger partial charge on any atom is 0.0521 e.